The van der Waals surface area contributed by atoms with Crippen molar-refractivity contribution in [3.8, 4) is 0 Å². The summed E-state index contributed by atoms with van der Waals surface area (Å²) in [6.45, 7) is 5.92. The molecule has 1 fully saturated rings. The van der Waals surface area contributed by atoms with E-state index in [1.807, 2.05) is 19.1 Å². The van der Waals surface area contributed by atoms with Crippen molar-refractivity contribution >= 4 is 24.0 Å². The zero-order valence-electron chi connectivity index (χ0n) is 14.9. The van der Waals surface area contributed by atoms with Crippen LogP contribution in [0.1, 0.15) is 30.9 Å². The van der Waals surface area contributed by atoms with Crippen molar-refractivity contribution < 1.29 is 9.53 Å². The van der Waals surface area contributed by atoms with Gasteiger partial charge in [0, 0.05) is 31.9 Å². The summed E-state index contributed by atoms with van der Waals surface area (Å²) in [5.41, 5.74) is 9.11. The number of ether oxygens (including phenoxy) is 1. The molecule has 3 N–H and O–H groups in total. The quantitative estimate of drug-likeness (QED) is 0.822. The summed E-state index contributed by atoms with van der Waals surface area (Å²) >= 11 is 0. The lowest BCUT2D eigenvalue weighted by molar-refractivity contribution is -0.118. The number of anilines is 1. The van der Waals surface area contributed by atoms with Crippen LogP contribution in [0.25, 0.3) is 0 Å². The molecule has 2 unspecified atom stereocenters. The number of amides is 1. The molecule has 0 aromatic heterocycles. The Morgan fingerprint density at radius 3 is 2.83 bits per heavy atom. The van der Waals surface area contributed by atoms with Gasteiger partial charge in [-0.15, -0.1) is 12.4 Å². The van der Waals surface area contributed by atoms with Crippen LogP contribution in [0.3, 0.4) is 0 Å². The maximum Gasteiger partial charge on any atom is 0.238 e. The van der Waals surface area contributed by atoms with Gasteiger partial charge in [0.25, 0.3) is 0 Å². The first-order valence-corrected chi connectivity index (χ1v) is 8.44. The van der Waals surface area contributed by atoms with Gasteiger partial charge in [-0.1, -0.05) is 25.1 Å². The number of halogens is 1. The molecule has 2 atom stereocenters. The number of likely N-dealkylation sites (tertiary alicyclic amines) is 1. The summed E-state index contributed by atoms with van der Waals surface area (Å²) in [5.74, 6) is 0.0308. The lowest BCUT2D eigenvalue weighted by Crippen LogP contribution is -2.51. The van der Waals surface area contributed by atoms with Gasteiger partial charge in [0.15, 0.2) is 0 Å². The largest absolute Gasteiger partial charge is 0.381 e. The second-order valence-electron chi connectivity index (χ2n) is 6.25. The number of hydrogen-bond acceptors (Lipinski definition) is 4. The van der Waals surface area contributed by atoms with E-state index in [0.29, 0.717) is 13.1 Å². The van der Waals surface area contributed by atoms with Crippen LogP contribution in [0.4, 0.5) is 5.69 Å². The Bertz CT molecular complexity index is 539. The van der Waals surface area contributed by atoms with E-state index in [2.05, 4.69) is 23.2 Å². The van der Waals surface area contributed by atoms with Gasteiger partial charge in [-0.2, -0.15) is 0 Å². The number of hydrogen-bond donors (Lipinski definition) is 2. The molecule has 1 saturated heterocycles. The maximum absolute atomic E-state index is 12.5. The number of carbonyl (C=O) groups is 1. The molecule has 24 heavy (non-hydrogen) atoms. The van der Waals surface area contributed by atoms with Crippen LogP contribution in [0.15, 0.2) is 18.2 Å². The van der Waals surface area contributed by atoms with Crippen LogP contribution in [-0.2, 0) is 16.0 Å². The van der Waals surface area contributed by atoms with Crippen LogP contribution in [-0.4, -0.2) is 49.7 Å². The Balaban J connectivity index is 0.00000288. The first kappa shape index (κ1) is 20.9. The monoisotopic (exact) mass is 355 g/mol. The number of nitrogens with zero attached hydrogens (tertiary/aromatic N) is 1. The number of para-hydroxylation sites is 1. The summed E-state index contributed by atoms with van der Waals surface area (Å²) in [4.78, 5) is 14.7. The van der Waals surface area contributed by atoms with E-state index in [1.54, 1.807) is 7.11 Å². The lowest BCUT2D eigenvalue weighted by Gasteiger charge is -2.38. The molecule has 2 rings (SSSR count). The highest BCUT2D eigenvalue weighted by molar-refractivity contribution is 5.93. The summed E-state index contributed by atoms with van der Waals surface area (Å²) in [6.07, 6.45) is 3.00. The number of piperidine rings is 1. The number of nitrogens with two attached hydrogens (primary N) is 1. The fourth-order valence-corrected chi connectivity index (χ4v) is 3.30. The zero-order chi connectivity index (χ0) is 16.8. The summed E-state index contributed by atoms with van der Waals surface area (Å²) in [7, 11) is 1.74. The molecule has 0 aliphatic carbocycles. The number of benzene rings is 1. The first-order chi connectivity index (χ1) is 11.1. The zero-order valence-corrected chi connectivity index (χ0v) is 15.7. The third-order valence-corrected chi connectivity index (χ3v) is 4.75. The molecule has 1 aromatic rings. The Morgan fingerprint density at radius 2 is 2.21 bits per heavy atom. The fourth-order valence-electron chi connectivity index (χ4n) is 3.30. The van der Waals surface area contributed by atoms with E-state index in [9.17, 15) is 4.79 Å². The highest BCUT2D eigenvalue weighted by Crippen LogP contribution is 2.22. The minimum Gasteiger partial charge on any atom is -0.381 e. The van der Waals surface area contributed by atoms with Crippen LogP contribution in [0, 0.1) is 6.92 Å². The number of nitrogens with one attached hydrogen (secondary N) is 1. The Labute approximate surface area is 151 Å². The lowest BCUT2D eigenvalue weighted by atomic mass is 9.99. The van der Waals surface area contributed by atoms with Crippen molar-refractivity contribution in [2.75, 3.05) is 32.1 Å². The van der Waals surface area contributed by atoms with E-state index in [4.69, 9.17) is 10.5 Å². The predicted molar refractivity (Wildman–Crippen MR) is 101 cm³/mol. The molecule has 1 heterocycles. The van der Waals surface area contributed by atoms with Crippen molar-refractivity contribution in [3.63, 3.8) is 0 Å². The van der Waals surface area contributed by atoms with Crippen LogP contribution < -0.4 is 11.1 Å². The van der Waals surface area contributed by atoms with Crippen molar-refractivity contribution in [1.29, 1.82) is 0 Å². The molecule has 0 bridgehead atoms. The molecule has 1 aliphatic heterocycles. The Hall–Kier alpha value is -1.14. The highest BCUT2D eigenvalue weighted by atomic mass is 35.5. The molecule has 0 radical (unpaired) electrons. The van der Waals surface area contributed by atoms with Gasteiger partial charge in [-0.25, -0.2) is 0 Å². The molecule has 0 saturated carbocycles. The molecule has 6 heteroatoms. The summed E-state index contributed by atoms with van der Waals surface area (Å²) in [5, 5.41) is 3.09. The topological polar surface area (TPSA) is 67.6 Å². The second-order valence-corrected chi connectivity index (χ2v) is 6.25. The molecule has 0 spiro atoms. The minimum absolute atomic E-state index is 0. The van der Waals surface area contributed by atoms with Crippen LogP contribution in [0.2, 0.25) is 0 Å². The molecule has 1 aromatic carbocycles. The van der Waals surface area contributed by atoms with Gasteiger partial charge >= 0.3 is 0 Å². The van der Waals surface area contributed by atoms with Gasteiger partial charge in [0.05, 0.1) is 12.6 Å². The van der Waals surface area contributed by atoms with Crippen molar-refractivity contribution in [1.82, 2.24) is 4.90 Å². The van der Waals surface area contributed by atoms with Gasteiger partial charge in [0.2, 0.25) is 5.91 Å². The average Bonchev–Trinajstić information content (AvgIpc) is 2.57. The van der Waals surface area contributed by atoms with Crippen molar-refractivity contribution in [2.24, 2.45) is 5.73 Å². The summed E-state index contributed by atoms with van der Waals surface area (Å²) < 4.78 is 5.44. The number of carbonyl (C=O) groups excluding carboxylic acids is 1. The third-order valence-electron chi connectivity index (χ3n) is 4.75. The highest BCUT2D eigenvalue weighted by Gasteiger charge is 2.28. The van der Waals surface area contributed by atoms with Gasteiger partial charge < -0.3 is 15.8 Å². The maximum atomic E-state index is 12.5. The summed E-state index contributed by atoms with van der Waals surface area (Å²) in [6, 6.07) is 6.34. The van der Waals surface area contributed by atoms with Crippen molar-refractivity contribution in [3.05, 3.63) is 29.3 Å². The van der Waals surface area contributed by atoms with Crippen LogP contribution in [0.5, 0.6) is 0 Å². The molecule has 5 nitrogen and oxygen atoms in total. The SMILES string of the molecule is CCc1cccc(C)c1NC(=O)CN1CCC(OC)CC1CN.Cl. The standard InChI is InChI=1S/C18H29N3O2.ClH/c1-4-14-7-5-6-13(2)18(14)20-17(22)12-21-9-8-16(23-3)10-15(21)11-19;/h5-7,15-16H,4,8-12,19H2,1-3H3,(H,20,22);1H. The van der Waals surface area contributed by atoms with Crippen LogP contribution >= 0.6 is 12.4 Å². The van der Waals surface area contributed by atoms with E-state index in [0.717, 1.165) is 37.1 Å². The van der Waals surface area contributed by atoms with E-state index in [-0.39, 0.29) is 30.5 Å². The fraction of sp³-hybridized carbons (Fsp3) is 0.611. The van der Waals surface area contributed by atoms with Gasteiger partial charge in [-0.3, -0.25) is 9.69 Å². The smallest absolute Gasteiger partial charge is 0.238 e. The number of aryl methyl sites for hydroxylation is 2. The predicted octanol–water partition coefficient (Wildman–Crippen LogP) is 2.36. The number of methoxy groups -OCH3 is 1. The van der Waals surface area contributed by atoms with E-state index >= 15 is 0 Å². The van der Waals surface area contributed by atoms with E-state index < -0.39 is 0 Å². The average molecular weight is 356 g/mol. The van der Waals surface area contributed by atoms with Crippen molar-refractivity contribution in [2.45, 2.75) is 45.3 Å². The molecular formula is C18H30ClN3O2. The molecular weight excluding hydrogens is 326 g/mol. The molecule has 136 valence electrons. The Morgan fingerprint density at radius 1 is 1.46 bits per heavy atom. The van der Waals surface area contributed by atoms with Gasteiger partial charge in [-0.05, 0) is 37.3 Å². The third kappa shape index (κ3) is 5.18. The van der Waals surface area contributed by atoms with Gasteiger partial charge in [0.1, 0.15) is 0 Å². The molecule has 1 amide bonds. The molecule has 1 aliphatic rings. The van der Waals surface area contributed by atoms with E-state index in [1.165, 1.54) is 5.56 Å². The minimum atomic E-state index is 0. The number of rotatable bonds is 6. The first-order valence-electron chi connectivity index (χ1n) is 8.44. The Kier molecular flexibility index (Phi) is 8.70. The second kappa shape index (κ2) is 9.99. The normalized spacial score (nSPS) is 21.2.